The lowest BCUT2D eigenvalue weighted by molar-refractivity contribution is -0.890. The summed E-state index contributed by atoms with van der Waals surface area (Å²) in [5.41, 5.74) is 0.481. The number of rotatable bonds is 10. The Labute approximate surface area is 121 Å². The zero-order valence-corrected chi connectivity index (χ0v) is 13.2. The molecule has 0 aromatic heterocycles. The summed E-state index contributed by atoms with van der Waals surface area (Å²) >= 11 is 0. The van der Waals surface area contributed by atoms with Crippen LogP contribution in [0.1, 0.15) is 19.8 Å². The van der Waals surface area contributed by atoms with Crippen molar-refractivity contribution in [2.24, 2.45) is 0 Å². The molecule has 0 aliphatic heterocycles. The molecule has 0 heterocycles. The Balaban J connectivity index is 3.79. The van der Waals surface area contributed by atoms with E-state index < -0.39 is 10.4 Å². The van der Waals surface area contributed by atoms with Gasteiger partial charge in [-0.1, -0.05) is 6.58 Å². The van der Waals surface area contributed by atoms with Crippen LogP contribution in [-0.4, -0.2) is 63.7 Å². The van der Waals surface area contributed by atoms with Crippen LogP contribution >= 0.6 is 0 Å². The van der Waals surface area contributed by atoms with Crippen molar-refractivity contribution in [3.8, 4) is 0 Å². The molecule has 0 atom stereocenters. The van der Waals surface area contributed by atoms with E-state index in [1.807, 2.05) is 14.1 Å². The van der Waals surface area contributed by atoms with Crippen molar-refractivity contribution in [2.75, 3.05) is 40.3 Å². The molecule has 0 unspecified atom stereocenters. The fourth-order valence-electron chi connectivity index (χ4n) is 1.63. The van der Waals surface area contributed by atoms with Gasteiger partial charge in [0.1, 0.15) is 0 Å². The minimum absolute atomic E-state index is 0.0973. The molecule has 0 aromatic carbocycles. The second-order valence-electron chi connectivity index (χ2n) is 5.36. The molecule has 0 saturated carbocycles. The van der Waals surface area contributed by atoms with E-state index in [2.05, 4.69) is 16.1 Å². The summed E-state index contributed by atoms with van der Waals surface area (Å²) in [6.07, 6.45) is 1.28. The quantitative estimate of drug-likeness (QED) is 0.202. The largest absolute Gasteiger partial charge is 0.726 e. The molecular weight excluding hydrogens is 284 g/mol. The molecular formula is C12H24N2O5S. The highest BCUT2D eigenvalue weighted by atomic mass is 32.3. The summed E-state index contributed by atoms with van der Waals surface area (Å²) in [5, 5.41) is 2.75. The van der Waals surface area contributed by atoms with Crippen LogP contribution in [0, 0.1) is 0 Å². The van der Waals surface area contributed by atoms with E-state index in [0.717, 1.165) is 13.0 Å². The zero-order valence-electron chi connectivity index (χ0n) is 12.3. The second-order valence-corrected chi connectivity index (χ2v) is 6.41. The van der Waals surface area contributed by atoms with Gasteiger partial charge in [0, 0.05) is 25.0 Å². The molecule has 0 aliphatic rings. The molecule has 0 aromatic rings. The third-order valence-electron chi connectivity index (χ3n) is 2.75. The Kier molecular flexibility index (Phi) is 7.95. The molecule has 7 nitrogen and oxygen atoms in total. The van der Waals surface area contributed by atoms with Crippen LogP contribution in [0.4, 0.5) is 0 Å². The molecule has 8 heteroatoms. The highest BCUT2D eigenvalue weighted by molar-refractivity contribution is 7.80. The SMILES string of the molecule is C=C(C)C(=O)NCCC[N+](C)(C)CCCOS(=O)(=O)[O-]. The van der Waals surface area contributed by atoms with Crippen LogP contribution in [0.2, 0.25) is 0 Å². The first kappa shape index (κ1) is 19.0. The summed E-state index contributed by atoms with van der Waals surface area (Å²) in [6, 6.07) is 0. The highest BCUT2D eigenvalue weighted by Gasteiger charge is 2.14. The van der Waals surface area contributed by atoms with Crippen molar-refractivity contribution in [1.82, 2.24) is 5.32 Å². The van der Waals surface area contributed by atoms with Gasteiger partial charge in [-0.2, -0.15) is 0 Å². The molecule has 1 N–H and O–H groups in total. The third kappa shape index (κ3) is 10.9. The zero-order chi connectivity index (χ0) is 15.8. The number of nitrogens with one attached hydrogen (secondary N) is 1. The molecule has 0 fully saturated rings. The van der Waals surface area contributed by atoms with E-state index >= 15 is 0 Å². The van der Waals surface area contributed by atoms with Gasteiger partial charge in [0.25, 0.3) is 0 Å². The summed E-state index contributed by atoms with van der Waals surface area (Å²) in [4.78, 5) is 11.3. The lowest BCUT2D eigenvalue weighted by Crippen LogP contribution is -2.43. The molecule has 118 valence electrons. The maximum atomic E-state index is 11.3. The van der Waals surface area contributed by atoms with E-state index in [1.165, 1.54) is 0 Å². The van der Waals surface area contributed by atoms with E-state index in [-0.39, 0.29) is 12.5 Å². The van der Waals surface area contributed by atoms with Gasteiger partial charge < -0.3 is 14.4 Å². The summed E-state index contributed by atoms with van der Waals surface area (Å²) in [5.74, 6) is -0.149. The minimum Gasteiger partial charge on any atom is -0.726 e. The smallest absolute Gasteiger partial charge is 0.246 e. The highest BCUT2D eigenvalue weighted by Crippen LogP contribution is 2.02. The summed E-state index contributed by atoms with van der Waals surface area (Å²) < 4.78 is 35.6. The monoisotopic (exact) mass is 308 g/mol. The van der Waals surface area contributed by atoms with Crippen molar-refractivity contribution in [3.63, 3.8) is 0 Å². The van der Waals surface area contributed by atoms with Gasteiger partial charge in [-0.05, 0) is 6.92 Å². The first-order chi connectivity index (χ1) is 9.03. The van der Waals surface area contributed by atoms with Crippen LogP contribution in [0.25, 0.3) is 0 Å². The van der Waals surface area contributed by atoms with Crippen LogP contribution in [0.15, 0.2) is 12.2 Å². The first-order valence-electron chi connectivity index (χ1n) is 6.39. The predicted octanol–water partition coefficient (Wildman–Crippen LogP) is 0.0121. The number of hydrogen-bond donors (Lipinski definition) is 1. The molecule has 0 radical (unpaired) electrons. The molecule has 0 saturated heterocycles. The van der Waals surface area contributed by atoms with E-state index in [4.69, 9.17) is 0 Å². The topological polar surface area (TPSA) is 95.5 Å². The van der Waals surface area contributed by atoms with Crippen molar-refractivity contribution < 1.29 is 26.4 Å². The van der Waals surface area contributed by atoms with Gasteiger partial charge in [-0.25, -0.2) is 8.42 Å². The number of nitrogens with zero attached hydrogens (tertiary/aromatic N) is 1. The normalized spacial score (nSPS) is 12.2. The van der Waals surface area contributed by atoms with Gasteiger partial charge in [0.2, 0.25) is 16.3 Å². The fourth-order valence-corrected chi connectivity index (χ4v) is 1.95. The van der Waals surface area contributed by atoms with Crippen molar-refractivity contribution in [1.29, 1.82) is 0 Å². The number of carbonyl (C=O) groups excluding carboxylic acids is 1. The van der Waals surface area contributed by atoms with Crippen LogP contribution in [-0.2, 0) is 19.4 Å². The number of hydrogen-bond acceptors (Lipinski definition) is 5. The van der Waals surface area contributed by atoms with Crippen molar-refractivity contribution in [2.45, 2.75) is 19.8 Å². The van der Waals surface area contributed by atoms with Gasteiger partial charge in [-0.15, -0.1) is 0 Å². The average Bonchev–Trinajstić information content (AvgIpc) is 2.29. The number of amides is 1. The van der Waals surface area contributed by atoms with Crippen LogP contribution < -0.4 is 5.32 Å². The summed E-state index contributed by atoms with van der Waals surface area (Å²) in [6.45, 7) is 7.18. The molecule has 20 heavy (non-hydrogen) atoms. The van der Waals surface area contributed by atoms with Crippen LogP contribution in [0.3, 0.4) is 0 Å². The maximum Gasteiger partial charge on any atom is 0.246 e. The average molecular weight is 308 g/mol. The van der Waals surface area contributed by atoms with E-state index in [9.17, 15) is 17.8 Å². The predicted molar refractivity (Wildman–Crippen MR) is 74.5 cm³/mol. The van der Waals surface area contributed by atoms with Gasteiger partial charge >= 0.3 is 0 Å². The van der Waals surface area contributed by atoms with Gasteiger partial charge in [0.05, 0.1) is 33.8 Å². The molecule has 0 spiro atoms. The van der Waals surface area contributed by atoms with Gasteiger partial charge in [0.15, 0.2) is 0 Å². The lowest BCUT2D eigenvalue weighted by Gasteiger charge is -2.29. The molecule has 0 bridgehead atoms. The molecule has 0 aliphatic carbocycles. The Morgan fingerprint density at radius 1 is 1.30 bits per heavy atom. The lowest BCUT2D eigenvalue weighted by atomic mass is 10.3. The minimum atomic E-state index is -4.59. The Hall–Kier alpha value is -0.960. The van der Waals surface area contributed by atoms with Gasteiger partial charge in [-0.3, -0.25) is 8.98 Å². The number of carbonyl (C=O) groups is 1. The first-order valence-corrected chi connectivity index (χ1v) is 7.73. The Morgan fingerprint density at radius 2 is 1.85 bits per heavy atom. The van der Waals surface area contributed by atoms with E-state index in [0.29, 0.717) is 29.6 Å². The maximum absolute atomic E-state index is 11.3. The second kappa shape index (κ2) is 8.35. The number of quaternary nitrogens is 1. The van der Waals surface area contributed by atoms with Crippen LogP contribution in [0.5, 0.6) is 0 Å². The summed E-state index contributed by atoms with van der Waals surface area (Å²) in [7, 11) is -0.608. The Bertz CT molecular complexity index is 431. The van der Waals surface area contributed by atoms with Crippen molar-refractivity contribution >= 4 is 16.3 Å². The molecule has 1 amide bonds. The van der Waals surface area contributed by atoms with Crippen molar-refractivity contribution in [3.05, 3.63) is 12.2 Å². The fraction of sp³-hybridized carbons (Fsp3) is 0.750. The van der Waals surface area contributed by atoms with E-state index in [1.54, 1.807) is 6.92 Å². The standard InChI is InChI=1S/C12H24N2O5S/c1-11(2)12(15)13-7-5-8-14(3,4)9-6-10-19-20(16,17)18/h1,5-10H2,2-4H3,(H-,13,15,16,17,18). The molecule has 0 rings (SSSR count). The Morgan fingerprint density at radius 3 is 2.35 bits per heavy atom. The third-order valence-corrected chi connectivity index (χ3v) is 3.20.